The molecule has 1 saturated heterocycles. The lowest BCUT2D eigenvalue weighted by Gasteiger charge is -2.12. The molecule has 1 aromatic heterocycles. The molecular formula is C6H7F2N3OS2. The van der Waals surface area contributed by atoms with Crippen molar-refractivity contribution in [2.45, 2.75) is 11.3 Å². The van der Waals surface area contributed by atoms with Gasteiger partial charge in [-0.3, -0.25) is 5.32 Å². The zero-order valence-electron chi connectivity index (χ0n) is 6.89. The number of aromatic nitrogens is 1. The third-order valence-corrected chi connectivity index (χ3v) is 2.97. The standard InChI is InChI=1S/C6H7F2N3OS2/c7-4(8)14-6-10-3-11(12-6)5-9-1-2-13-5/h1-2,4,6,10H,3H2. The average Bonchev–Trinajstić information content (AvgIpc) is 2.69. The van der Waals surface area contributed by atoms with Crippen molar-refractivity contribution in [1.29, 1.82) is 0 Å². The molecule has 78 valence electrons. The first-order valence-electron chi connectivity index (χ1n) is 3.76. The smallest absolute Gasteiger partial charge is 0.261 e. The van der Waals surface area contributed by atoms with E-state index in [0.717, 1.165) is 0 Å². The summed E-state index contributed by atoms with van der Waals surface area (Å²) < 4.78 is 23.9. The molecule has 1 atom stereocenters. The maximum absolute atomic E-state index is 12.0. The second kappa shape index (κ2) is 4.39. The zero-order chi connectivity index (χ0) is 9.97. The van der Waals surface area contributed by atoms with Gasteiger partial charge in [0.15, 0.2) is 5.56 Å². The first-order valence-corrected chi connectivity index (χ1v) is 5.59. The van der Waals surface area contributed by atoms with Crippen molar-refractivity contribution >= 4 is 28.2 Å². The summed E-state index contributed by atoms with van der Waals surface area (Å²) in [4.78, 5) is 9.16. The van der Waals surface area contributed by atoms with E-state index in [0.29, 0.717) is 23.6 Å². The lowest BCUT2D eigenvalue weighted by Crippen LogP contribution is -2.20. The summed E-state index contributed by atoms with van der Waals surface area (Å²) in [5.74, 6) is -2.44. The van der Waals surface area contributed by atoms with Crippen LogP contribution in [0.5, 0.6) is 0 Å². The number of hydrogen-bond donors (Lipinski definition) is 1. The molecule has 0 amide bonds. The van der Waals surface area contributed by atoms with Crippen molar-refractivity contribution in [2.75, 3.05) is 11.7 Å². The molecule has 8 heteroatoms. The van der Waals surface area contributed by atoms with Crippen LogP contribution in [0.15, 0.2) is 11.6 Å². The van der Waals surface area contributed by atoms with E-state index in [4.69, 9.17) is 4.84 Å². The van der Waals surface area contributed by atoms with Crippen molar-refractivity contribution < 1.29 is 13.6 Å². The Kier molecular flexibility index (Phi) is 3.16. The van der Waals surface area contributed by atoms with Crippen molar-refractivity contribution in [3.05, 3.63) is 11.6 Å². The van der Waals surface area contributed by atoms with Crippen molar-refractivity contribution in [2.24, 2.45) is 0 Å². The predicted octanol–water partition coefficient (Wildman–Crippen LogP) is 1.68. The summed E-state index contributed by atoms with van der Waals surface area (Å²) in [6, 6.07) is 0. The third kappa shape index (κ3) is 2.32. The largest absolute Gasteiger partial charge is 0.288 e. The van der Waals surface area contributed by atoms with E-state index in [9.17, 15) is 8.78 Å². The Hall–Kier alpha value is -0.440. The molecule has 1 fully saturated rings. The minimum absolute atomic E-state index is 0.373. The van der Waals surface area contributed by atoms with Gasteiger partial charge in [-0.15, -0.1) is 11.3 Å². The third-order valence-electron chi connectivity index (χ3n) is 1.48. The van der Waals surface area contributed by atoms with E-state index in [2.05, 4.69) is 10.3 Å². The van der Waals surface area contributed by atoms with Gasteiger partial charge in [-0.25, -0.2) is 14.9 Å². The molecule has 0 aliphatic carbocycles. The van der Waals surface area contributed by atoms with Crippen LogP contribution in [-0.4, -0.2) is 23.0 Å². The van der Waals surface area contributed by atoms with Crippen molar-refractivity contribution in [3.8, 4) is 0 Å². The van der Waals surface area contributed by atoms with Gasteiger partial charge in [-0.05, 0) is 11.8 Å². The maximum Gasteiger partial charge on any atom is 0.288 e. The topological polar surface area (TPSA) is 37.4 Å². The summed E-state index contributed by atoms with van der Waals surface area (Å²) in [5, 5.41) is 6.70. The number of nitrogens with one attached hydrogen (secondary N) is 1. The molecule has 14 heavy (non-hydrogen) atoms. The molecule has 1 unspecified atom stereocenters. The summed E-state index contributed by atoms with van der Waals surface area (Å²) in [6.07, 6.45) is 1.64. The van der Waals surface area contributed by atoms with Crippen LogP contribution >= 0.6 is 23.1 Å². The van der Waals surface area contributed by atoms with Gasteiger partial charge in [0, 0.05) is 11.6 Å². The second-order valence-corrected chi connectivity index (χ2v) is 4.32. The first-order chi connectivity index (χ1) is 6.75. The Morgan fingerprint density at radius 2 is 2.64 bits per heavy atom. The van der Waals surface area contributed by atoms with Crippen LogP contribution < -0.4 is 10.4 Å². The minimum atomic E-state index is -2.44. The quantitative estimate of drug-likeness (QED) is 0.868. The van der Waals surface area contributed by atoms with Gasteiger partial charge in [0.05, 0.1) is 0 Å². The molecule has 2 rings (SSSR count). The van der Waals surface area contributed by atoms with Crippen LogP contribution in [0.3, 0.4) is 0 Å². The van der Waals surface area contributed by atoms with Crippen LogP contribution in [0.2, 0.25) is 0 Å². The van der Waals surface area contributed by atoms with Crippen molar-refractivity contribution in [1.82, 2.24) is 10.3 Å². The van der Waals surface area contributed by atoms with Crippen LogP contribution in [0.25, 0.3) is 0 Å². The molecule has 0 bridgehead atoms. The highest BCUT2D eigenvalue weighted by Crippen LogP contribution is 2.27. The van der Waals surface area contributed by atoms with E-state index in [1.54, 1.807) is 11.6 Å². The van der Waals surface area contributed by atoms with Crippen LogP contribution in [0, 0.1) is 0 Å². The highest BCUT2D eigenvalue weighted by atomic mass is 32.2. The summed E-state index contributed by atoms with van der Waals surface area (Å²) >= 11 is 1.83. The van der Waals surface area contributed by atoms with Crippen LogP contribution in [0.1, 0.15) is 0 Å². The molecule has 0 spiro atoms. The van der Waals surface area contributed by atoms with E-state index in [1.165, 1.54) is 16.4 Å². The van der Waals surface area contributed by atoms with Gasteiger partial charge >= 0.3 is 0 Å². The van der Waals surface area contributed by atoms with Gasteiger partial charge < -0.3 is 0 Å². The average molecular weight is 239 g/mol. The fraction of sp³-hybridized carbons (Fsp3) is 0.500. The van der Waals surface area contributed by atoms with Gasteiger partial charge in [0.1, 0.15) is 6.67 Å². The fourth-order valence-corrected chi connectivity index (χ4v) is 2.07. The highest BCUT2D eigenvalue weighted by molar-refractivity contribution is 8.00. The van der Waals surface area contributed by atoms with Gasteiger partial charge in [0.2, 0.25) is 5.13 Å². The Balaban J connectivity index is 1.89. The molecule has 1 aliphatic heterocycles. The Labute approximate surface area is 87.2 Å². The van der Waals surface area contributed by atoms with Crippen LogP contribution in [-0.2, 0) is 4.84 Å². The number of anilines is 1. The predicted molar refractivity (Wildman–Crippen MR) is 51.1 cm³/mol. The molecule has 2 heterocycles. The fourth-order valence-electron chi connectivity index (χ4n) is 0.966. The highest BCUT2D eigenvalue weighted by Gasteiger charge is 2.27. The number of nitrogens with zero attached hydrogens (tertiary/aromatic N) is 2. The molecule has 0 radical (unpaired) electrons. The summed E-state index contributed by atoms with van der Waals surface area (Å²) in [7, 11) is 0. The van der Waals surface area contributed by atoms with Crippen LogP contribution in [0.4, 0.5) is 13.9 Å². The molecular weight excluding hydrogens is 232 g/mol. The van der Waals surface area contributed by atoms with E-state index >= 15 is 0 Å². The lowest BCUT2D eigenvalue weighted by atomic mass is 10.9. The van der Waals surface area contributed by atoms with Gasteiger partial charge in [0.25, 0.3) is 5.76 Å². The Morgan fingerprint density at radius 1 is 1.79 bits per heavy atom. The normalized spacial score (nSPS) is 22.2. The summed E-state index contributed by atoms with van der Waals surface area (Å²) in [6.45, 7) is 0.373. The first kappa shape index (κ1) is 10.1. The van der Waals surface area contributed by atoms with E-state index in [1.807, 2.05) is 0 Å². The van der Waals surface area contributed by atoms with E-state index < -0.39 is 11.3 Å². The Morgan fingerprint density at radius 3 is 3.29 bits per heavy atom. The number of alkyl halides is 2. The number of hydroxylamine groups is 1. The monoisotopic (exact) mass is 239 g/mol. The minimum Gasteiger partial charge on any atom is -0.261 e. The number of hydrogen-bond acceptors (Lipinski definition) is 6. The number of rotatable bonds is 3. The molecule has 0 saturated carbocycles. The summed E-state index contributed by atoms with van der Waals surface area (Å²) in [5.41, 5.74) is -0.695. The lowest BCUT2D eigenvalue weighted by molar-refractivity contribution is 0.134. The number of halogens is 2. The zero-order valence-corrected chi connectivity index (χ0v) is 8.52. The van der Waals surface area contributed by atoms with Gasteiger partial charge in [-0.2, -0.15) is 8.78 Å². The second-order valence-electron chi connectivity index (χ2n) is 2.39. The molecule has 1 aromatic rings. The molecule has 1 aliphatic rings. The SMILES string of the molecule is FC(F)SC1NCN(c2nccs2)O1. The van der Waals surface area contributed by atoms with E-state index in [-0.39, 0.29) is 0 Å². The molecule has 4 nitrogen and oxygen atoms in total. The number of thiazole rings is 1. The van der Waals surface area contributed by atoms with Crippen molar-refractivity contribution in [3.63, 3.8) is 0 Å². The number of thioether (sulfide) groups is 1. The molecule has 0 aromatic carbocycles. The Bertz CT molecular complexity index is 285. The maximum atomic E-state index is 12.0. The van der Waals surface area contributed by atoms with Gasteiger partial charge in [-0.1, -0.05) is 0 Å². The molecule has 1 N–H and O–H groups in total.